The predicted octanol–water partition coefficient (Wildman–Crippen LogP) is 3.59. The first-order chi connectivity index (χ1) is 11.6. The molecule has 0 aliphatic rings. The second-order valence-corrected chi connectivity index (χ2v) is 5.83. The molecule has 2 N–H and O–H groups in total. The Morgan fingerprint density at radius 3 is 2.42 bits per heavy atom. The van der Waals surface area contributed by atoms with Crippen LogP contribution in [-0.2, 0) is 18.6 Å². The molecule has 7 heteroatoms. The molecule has 0 bridgehead atoms. The van der Waals surface area contributed by atoms with Gasteiger partial charge in [0.2, 0.25) is 0 Å². The fourth-order valence-electron chi connectivity index (χ4n) is 1.69. The van der Waals surface area contributed by atoms with Gasteiger partial charge in [-0.1, -0.05) is 36.5 Å². The van der Waals surface area contributed by atoms with Crippen LogP contribution < -0.4 is 0 Å². The van der Waals surface area contributed by atoms with Crippen molar-refractivity contribution in [1.29, 1.82) is 0 Å². The van der Waals surface area contributed by atoms with E-state index in [4.69, 9.17) is 9.63 Å². The van der Waals surface area contributed by atoms with Crippen molar-refractivity contribution in [3.63, 3.8) is 0 Å². The smallest absolute Gasteiger partial charge is 0.463 e. The molecule has 0 saturated heterocycles. The summed E-state index contributed by atoms with van der Waals surface area (Å²) in [6.07, 6.45) is 16.2. The summed E-state index contributed by atoms with van der Waals surface area (Å²) in [5, 5.41) is 9.35. The Labute approximate surface area is 144 Å². The maximum atomic E-state index is 11.4. The first-order valence-electron chi connectivity index (χ1n) is 8.10. The Morgan fingerprint density at radius 1 is 1.08 bits per heavy atom. The zero-order valence-corrected chi connectivity index (χ0v) is 15.1. The van der Waals surface area contributed by atoms with Crippen LogP contribution in [0, 0.1) is 0 Å². The maximum Gasteiger partial charge on any atom is 0.694 e. The molecule has 0 radical (unpaired) electrons. The highest BCUT2D eigenvalue weighted by Gasteiger charge is 2.17. The molecule has 6 nitrogen and oxygen atoms in total. The molecule has 2 unspecified atom stereocenters. The number of rotatable bonds is 14. The molecular formula is C17H28O6P+. The number of esters is 1. The van der Waals surface area contributed by atoms with E-state index in [1.165, 1.54) is 0 Å². The summed E-state index contributed by atoms with van der Waals surface area (Å²) in [7, 11) is -2.75. The van der Waals surface area contributed by atoms with Crippen LogP contribution in [0.2, 0.25) is 0 Å². The average Bonchev–Trinajstić information content (AvgIpc) is 2.56. The molecule has 0 spiro atoms. The van der Waals surface area contributed by atoms with Crippen LogP contribution in [0.3, 0.4) is 0 Å². The van der Waals surface area contributed by atoms with E-state index in [2.05, 4.69) is 34.9 Å². The lowest BCUT2D eigenvalue weighted by Crippen LogP contribution is -2.22. The molecule has 0 heterocycles. The summed E-state index contributed by atoms with van der Waals surface area (Å²) in [6, 6.07) is 0. The van der Waals surface area contributed by atoms with Crippen molar-refractivity contribution in [3.8, 4) is 0 Å². The van der Waals surface area contributed by atoms with Gasteiger partial charge in [-0.3, -0.25) is 4.79 Å². The normalized spacial score (nSPS) is 13.9. The van der Waals surface area contributed by atoms with E-state index in [-0.39, 0.29) is 13.2 Å². The number of ether oxygens (including phenoxy) is 1. The van der Waals surface area contributed by atoms with Crippen LogP contribution in [0.1, 0.15) is 45.4 Å². The molecule has 24 heavy (non-hydrogen) atoms. The summed E-state index contributed by atoms with van der Waals surface area (Å²) in [5.41, 5.74) is 0. The van der Waals surface area contributed by atoms with Crippen molar-refractivity contribution in [3.05, 3.63) is 36.5 Å². The summed E-state index contributed by atoms with van der Waals surface area (Å²) in [5.74, 6) is -0.390. The zero-order chi connectivity index (χ0) is 18.0. The van der Waals surface area contributed by atoms with Gasteiger partial charge in [-0.25, -0.2) is 0 Å². The number of hydrogen-bond acceptors (Lipinski definition) is 5. The first kappa shape index (κ1) is 22.7. The number of aliphatic hydroxyl groups is 1. The molecule has 136 valence electrons. The van der Waals surface area contributed by atoms with Gasteiger partial charge in [0, 0.05) is 11.0 Å². The minimum absolute atomic E-state index is 0.235. The molecule has 0 rings (SSSR count). The molecule has 0 saturated carbocycles. The van der Waals surface area contributed by atoms with Crippen LogP contribution >= 0.6 is 8.25 Å². The predicted molar refractivity (Wildman–Crippen MR) is 93.5 cm³/mol. The van der Waals surface area contributed by atoms with Crippen LogP contribution in [0.25, 0.3) is 0 Å². The van der Waals surface area contributed by atoms with Crippen molar-refractivity contribution in [1.82, 2.24) is 0 Å². The number of carbonyl (C=O) groups excluding carboxylic acids is 1. The fraction of sp³-hybridized carbons (Fsp3) is 0.588. The molecule has 0 fully saturated rings. The van der Waals surface area contributed by atoms with E-state index in [1.54, 1.807) is 0 Å². The van der Waals surface area contributed by atoms with Crippen molar-refractivity contribution >= 4 is 14.2 Å². The van der Waals surface area contributed by atoms with E-state index in [9.17, 15) is 14.5 Å². The quantitative estimate of drug-likeness (QED) is 0.213. The van der Waals surface area contributed by atoms with Crippen LogP contribution in [0.5, 0.6) is 0 Å². The molecule has 0 aromatic rings. The van der Waals surface area contributed by atoms with Crippen molar-refractivity contribution in [2.24, 2.45) is 0 Å². The number of hydrogen-bond donors (Lipinski definition) is 2. The molecule has 0 amide bonds. The van der Waals surface area contributed by atoms with Crippen LogP contribution in [0.15, 0.2) is 36.5 Å². The Morgan fingerprint density at radius 2 is 1.75 bits per heavy atom. The van der Waals surface area contributed by atoms with E-state index in [1.807, 2.05) is 13.0 Å². The zero-order valence-electron chi connectivity index (χ0n) is 14.2. The van der Waals surface area contributed by atoms with Gasteiger partial charge in [0.05, 0.1) is 0 Å². The summed E-state index contributed by atoms with van der Waals surface area (Å²) in [6.45, 7) is 1.43. The topological polar surface area (TPSA) is 93.1 Å². The average molecular weight is 359 g/mol. The van der Waals surface area contributed by atoms with E-state index in [0.717, 1.165) is 32.1 Å². The van der Waals surface area contributed by atoms with Crippen LogP contribution in [-0.4, -0.2) is 35.3 Å². The maximum absolute atomic E-state index is 11.4. The summed E-state index contributed by atoms with van der Waals surface area (Å²) < 4.78 is 19.4. The number of allylic oxidation sites excluding steroid dienone is 6. The minimum atomic E-state index is -2.75. The first-order valence-corrected chi connectivity index (χ1v) is 9.23. The Hall–Kier alpha value is -1.33. The van der Waals surface area contributed by atoms with Gasteiger partial charge in [-0.15, -0.1) is 9.42 Å². The van der Waals surface area contributed by atoms with Gasteiger partial charge in [0.1, 0.15) is 19.3 Å². The highest BCUT2D eigenvalue weighted by molar-refractivity contribution is 7.32. The van der Waals surface area contributed by atoms with Gasteiger partial charge in [-0.2, -0.15) is 0 Å². The molecule has 2 atom stereocenters. The fourth-order valence-corrected chi connectivity index (χ4v) is 1.99. The molecule has 0 aliphatic carbocycles. The third-order valence-corrected chi connectivity index (χ3v) is 3.30. The third kappa shape index (κ3) is 17.0. The summed E-state index contributed by atoms with van der Waals surface area (Å²) in [4.78, 5) is 19.8. The minimum Gasteiger partial charge on any atom is -0.463 e. The van der Waals surface area contributed by atoms with Gasteiger partial charge in [-0.05, 0) is 39.0 Å². The largest absolute Gasteiger partial charge is 0.694 e. The lowest BCUT2D eigenvalue weighted by atomic mass is 10.2. The second kappa shape index (κ2) is 16.5. The Balaban J connectivity index is 3.51. The highest BCUT2D eigenvalue weighted by atomic mass is 31.1. The van der Waals surface area contributed by atoms with Gasteiger partial charge < -0.3 is 9.84 Å². The lowest BCUT2D eigenvalue weighted by molar-refractivity contribution is -0.147. The number of unbranched alkanes of at least 4 members (excludes halogenated alkanes) is 2. The van der Waals surface area contributed by atoms with Gasteiger partial charge >= 0.3 is 14.2 Å². The van der Waals surface area contributed by atoms with Crippen molar-refractivity contribution in [2.75, 3.05) is 13.2 Å². The third-order valence-electron chi connectivity index (χ3n) is 2.93. The van der Waals surface area contributed by atoms with E-state index >= 15 is 0 Å². The standard InChI is InChI=1S/C17H27O6P/c1-2-3-4-5-6-7-8-9-10-11-12-13-17(19)22-14-16(18)15-23-24(20)21/h2-3,5-6,8-9,16,18H,4,7,10-15H2,1H3/p+1/b3-2+,6-5+,9-8+. The number of aliphatic hydroxyl groups excluding tert-OH is 1. The summed E-state index contributed by atoms with van der Waals surface area (Å²) >= 11 is 0. The highest BCUT2D eigenvalue weighted by Crippen LogP contribution is 2.14. The molecule has 0 aliphatic heterocycles. The SMILES string of the molecule is C/C=C/C/C=C/C/C=C/CCCCC(=O)OCC(O)CO[P+](=O)O. The van der Waals surface area contributed by atoms with E-state index < -0.39 is 20.3 Å². The monoisotopic (exact) mass is 359 g/mol. The second-order valence-electron chi connectivity index (χ2n) is 5.10. The lowest BCUT2D eigenvalue weighted by Gasteiger charge is -2.08. The van der Waals surface area contributed by atoms with Crippen molar-refractivity contribution < 1.29 is 28.6 Å². The molecular weight excluding hydrogens is 331 g/mol. The molecule has 0 aromatic carbocycles. The van der Waals surface area contributed by atoms with Crippen LogP contribution in [0.4, 0.5) is 0 Å². The number of carbonyl (C=O) groups is 1. The van der Waals surface area contributed by atoms with Gasteiger partial charge in [0.25, 0.3) is 0 Å². The molecule has 0 aromatic heterocycles. The Bertz CT molecular complexity index is 431. The Kier molecular flexibility index (Phi) is 15.6. The van der Waals surface area contributed by atoms with E-state index in [0.29, 0.717) is 6.42 Å². The van der Waals surface area contributed by atoms with Crippen molar-refractivity contribution in [2.45, 2.75) is 51.6 Å². The van der Waals surface area contributed by atoms with Gasteiger partial charge in [0.15, 0.2) is 0 Å².